The van der Waals surface area contributed by atoms with Crippen molar-refractivity contribution in [2.45, 2.75) is 51.7 Å². The minimum absolute atomic E-state index is 0.0842. The Bertz CT molecular complexity index is 1520. The maximum absolute atomic E-state index is 15.5. The van der Waals surface area contributed by atoms with E-state index >= 15 is 4.39 Å². The lowest BCUT2D eigenvalue weighted by Gasteiger charge is -2.23. The fourth-order valence-corrected chi connectivity index (χ4v) is 5.68. The fourth-order valence-electron chi connectivity index (χ4n) is 5.68. The molecular weight excluding hydrogens is 473 g/mol. The van der Waals surface area contributed by atoms with Crippen LogP contribution in [0.1, 0.15) is 43.5 Å². The average Bonchev–Trinajstić information content (AvgIpc) is 3.47. The van der Waals surface area contributed by atoms with Crippen molar-refractivity contribution < 1.29 is 13.9 Å². The normalized spacial score (nSPS) is 21.9. The minimum atomic E-state index is -0.475. The Balaban J connectivity index is 1.44. The second-order valence-electron chi connectivity index (χ2n) is 10.5. The lowest BCUT2D eigenvalue weighted by Crippen LogP contribution is -2.41. The van der Waals surface area contributed by atoms with Crippen LogP contribution in [0.25, 0.3) is 33.6 Å². The standard InChI is InChI=1S/C27H32FN7O2/c1-5-16-13-34(14(2)22(16)29)26(36)17-8-19(28)23-20(9-17)31-25(33(23)3)21-10-18-11-30-27(37-4)32-24(18)35(21)12-15-6-7-15/h8-11,14-16,22H,5-7,12-13,29H2,1-4H3/t14-,16-,22+/m1/s1. The van der Waals surface area contributed by atoms with Crippen LogP contribution in [-0.4, -0.2) is 60.6 Å². The molecule has 2 aliphatic rings. The smallest absolute Gasteiger partial charge is 0.318 e. The Kier molecular flexibility index (Phi) is 5.67. The molecule has 1 saturated carbocycles. The molecule has 3 atom stereocenters. The monoisotopic (exact) mass is 505 g/mol. The van der Waals surface area contributed by atoms with Gasteiger partial charge in [0.2, 0.25) is 0 Å². The number of aryl methyl sites for hydroxylation is 1. The van der Waals surface area contributed by atoms with Gasteiger partial charge in [0.15, 0.2) is 5.82 Å². The molecule has 9 nitrogen and oxygen atoms in total. The molecule has 194 valence electrons. The van der Waals surface area contributed by atoms with Crippen molar-refractivity contribution in [3.63, 3.8) is 0 Å². The van der Waals surface area contributed by atoms with Crippen LogP contribution in [0.4, 0.5) is 4.39 Å². The van der Waals surface area contributed by atoms with Gasteiger partial charge in [-0.15, -0.1) is 0 Å². The Morgan fingerprint density at radius 1 is 1.24 bits per heavy atom. The van der Waals surface area contributed by atoms with Gasteiger partial charge in [0.25, 0.3) is 5.91 Å². The third-order valence-electron chi connectivity index (χ3n) is 8.14. The highest BCUT2D eigenvalue weighted by molar-refractivity contribution is 5.98. The first-order valence-corrected chi connectivity index (χ1v) is 12.9. The first-order chi connectivity index (χ1) is 17.8. The van der Waals surface area contributed by atoms with Crippen LogP contribution >= 0.6 is 0 Å². The second kappa shape index (κ2) is 8.79. The fraction of sp³-hybridized carbons (Fsp3) is 0.481. The van der Waals surface area contributed by atoms with Crippen molar-refractivity contribution in [3.05, 3.63) is 35.8 Å². The van der Waals surface area contributed by atoms with E-state index in [-0.39, 0.29) is 23.9 Å². The van der Waals surface area contributed by atoms with Crippen molar-refractivity contribution in [1.82, 2.24) is 29.0 Å². The van der Waals surface area contributed by atoms with Gasteiger partial charge in [-0.05, 0) is 49.8 Å². The van der Waals surface area contributed by atoms with Crippen LogP contribution < -0.4 is 10.5 Å². The zero-order chi connectivity index (χ0) is 26.0. The number of aromatic nitrogens is 5. The number of amides is 1. The summed E-state index contributed by atoms with van der Waals surface area (Å²) in [5, 5.41) is 0.865. The van der Waals surface area contributed by atoms with Crippen LogP contribution in [-0.2, 0) is 13.6 Å². The van der Waals surface area contributed by atoms with E-state index in [0.717, 1.165) is 29.7 Å². The number of hydrogen-bond acceptors (Lipinski definition) is 6. The van der Waals surface area contributed by atoms with E-state index in [4.69, 9.17) is 15.5 Å². The van der Waals surface area contributed by atoms with Crippen molar-refractivity contribution in [2.24, 2.45) is 24.6 Å². The molecule has 0 spiro atoms. The van der Waals surface area contributed by atoms with E-state index in [9.17, 15) is 4.79 Å². The van der Waals surface area contributed by atoms with Gasteiger partial charge in [-0.1, -0.05) is 13.3 Å². The highest BCUT2D eigenvalue weighted by Crippen LogP contribution is 2.37. The van der Waals surface area contributed by atoms with E-state index in [1.807, 2.05) is 13.0 Å². The molecule has 6 rings (SSSR count). The Hall–Kier alpha value is -3.53. The molecule has 2 N–H and O–H groups in total. The summed E-state index contributed by atoms with van der Waals surface area (Å²) in [5.74, 6) is 0.739. The number of carbonyl (C=O) groups is 1. The molecule has 1 saturated heterocycles. The van der Waals surface area contributed by atoms with Gasteiger partial charge in [0.1, 0.15) is 17.0 Å². The van der Waals surface area contributed by atoms with Gasteiger partial charge < -0.3 is 24.5 Å². The summed E-state index contributed by atoms with van der Waals surface area (Å²) < 4.78 is 24.7. The molecular formula is C27H32FN7O2. The number of benzene rings is 1. The number of carbonyl (C=O) groups excluding carboxylic acids is 1. The molecule has 10 heteroatoms. The molecule has 0 bridgehead atoms. The lowest BCUT2D eigenvalue weighted by atomic mass is 9.98. The van der Waals surface area contributed by atoms with Crippen LogP contribution in [0.15, 0.2) is 24.4 Å². The zero-order valence-electron chi connectivity index (χ0n) is 21.6. The van der Waals surface area contributed by atoms with E-state index in [0.29, 0.717) is 40.9 Å². The highest BCUT2D eigenvalue weighted by atomic mass is 19.1. The largest absolute Gasteiger partial charge is 0.467 e. The summed E-state index contributed by atoms with van der Waals surface area (Å²) in [6, 6.07) is 5.11. The number of halogens is 1. The number of methoxy groups -OCH3 is 1. The maximum atomic E-state index is 15.5. The quantitative estimate of drug-likeness (QED) is 0.428. The second-order valence-corrected chi connectivity index (χ2v) is 10.5. The lowest BCUT2D eigenvalue weighted by molar-refractivity contribution is 0.0739. The van der Waals surface area contributed by atoms with Gasteiger partial charge >= 0.3 is 6.01 Å². The Labute approximate surface area is 214 Å². The van der Waals surface area contributed by atoms with Crippen LogP contribution in [0.2, 0.25) is 0 Å². The van der Waals surface area contributed by atoms with Crippen molar-refractivity contribution >= 4 is 28.0 Å². The van der Waals surface area contributed by atoms with Crippen LogP contribution in [0.3, 0.4) is 0 Å². The summed E-state index contributed by atoms with van der Waals surface area (Å²) in [5.41, 5.74) is 9.04. The number of nitrogens with zero attached hydrogens (tertiary/aromatic N) is 6. The summed E-state index contributed by atoms with van der Waals surface area (Å²) in [6.45, 7) is 5.41. The van der Waals surface area contributed by atoms with Crippen molar-refractivity contribution in [3.8, 4) is 17.5 Å². The molecule has 1 amide bonds. The third-order valence-corrected chi connectivity index (χ3v) is 8.14. The summed E-state index contributed by atoms with van der Waals surface area (Å²) in [4.78, 5) is 28.9. The Morgan fingerprint density at radius 2 is 2.03 bits per heavy atom. The first-order valence-electron chi connectivity index (χ1n) is 12.9. The number of imidazole rings is 1. The number of hydrogen-bond donors (Lipinski definition) is 1. The van der Waals surface area contributed by atoms with E-state index in [1.54, 1.807) is 35.9 Å². The van der Waals surface area contributed by atoms with Gasteiger partial charge in [-0.25, -0.2) is 14.4 Å². The van der Waals surface area contributed by atoms with Crippen LogP contribution in [0.5, 0.6) is 6.01 Å². The maximum Gasteiger partial charge on any atom is 0.318 e. The molecule has 1 aliphatic heterocycles. The summed E-state index contributed by atoms with van der Waals surface area (Å²) in [6.07, 6.45) is 4.97. The molecule has 3 aromatic heterocycles. The van der Waals surface area contributed by atoms with Gasteiger partial charge in [-0.2, -0.15) is 4.98 Å². The SMILES string of the molecule is CC[C@@H]1CN(C(=O)c2cc(F)c3c(c2)nc(-c2cc4cnc(OC)nc4n2CC2CC2)n3C)[C@H](C)[C@@H]1N. The van der Waals surface area contributed by atoms with E-state index < -0.39 is 5.82 Å². The summed E-state index contributed by atoms with van der Waals surface area (Å²) >= 11 is 0. The molecule has 4 heterocycles. The summed E-state index contributed by atoms with van der Waals surface area (Å²) in [7, 11) is 3.34. The zero-order valence-corrected chi connectivity index (χ0v) is 21.6. The predicted octanol–water partition coefficient (Wildman–Crippen LogP) is 3.74. The molecule has 1 aromatic carbocycles. The number of ether oxygens (including phenoxy) is 1. The average molecular weight is 506 g/mol. The topological polar surface area (TPSA) is 104 Å². The molecule has 4 aromatic rings. The predicted molar refractivity (Wildman–Crippen MR) is 139 cm³/mol. The molecule has 0 radical (unpaired) electrons. The van der Waals surface area contributed by atoms with E-state index in [1.165, 1.54) is 18.9 Å². The molecule has 37 heavy (non-hydrogen) atoms. The molecule has 0 unspecified atom stereocenters. The van der Waals surface area contributed by atoms with Gasteiger partial charge in [0, 0.05) is 49.4 Å². The third kappa shape index (κ3) is 3.85. The molecule has 1 aliphatic carbocycles. The number of nitrogens with two attached hydrogens (primary N) is 1. The van der Waals surface area contributed by atoms with E-state index in [2.05, 4.69) is 21.5 Å². The van der Waals surface area contributed by atoms with Gasteiger partial charge in [0.05, 0.1) is 18.3 Å². The number of rotatable bonds is 6. The van der Waals surface area contributed by atoms with Crippen molar-refractivity contribution in [1.29, 1.82) is 0 Å². The van der Waals surface area contributed by atoms with Crippen LogP contribution in [0, 0.1) is 17.7 Å². The Morgan fingerprint density at radius 3 is 2.70 bits per heavy atom. The highest BCUT2D eigenvalue weighted by Gasteiger charge is 2.39. The molecule has 2 fully saturated rings. The van der Waals surface area contributed by atoms with Gasteiger partial charge in [-0.3, -0.25) is 4.79 Å². The number of likely N-dealkylation sites (tertiary alicyclic amines) is 1. The van der Waals surface area contributed by atoms with Crippen molar-refractivity contribution in [2.75, 3.05) is 13.7 Å². The first kappa shape index (κ1) is 23.8. The minimum Gasteiger partial charge on any atom is -0.467 e. The number of fused-ring (bicyclic) bond motifs is 2.